The molecule has 2 amide bonds. The second-order valence-corrected chi connectivity index (χ2v) is 6.61. The van der Waals surface area contributed by atoms with Crippen LogP contribution in [-0.4, -0.2) is 52.4 Å². The van der Waals surface area contributed by atoms with Crippen molar-refractivity contribution >= 4 is 22.7 Å². The summed E-state index contributed by atoms with van der Waals surface area (Å²) in [6, 6.07) is 11.4. The average Bonchev–Trinajstić information content (AvgIpc) is 3.29. The van der Waals surface area contributed by atoms with Gasteiger partial charge in [-0.15, -0.1) is 0 Å². The van der Waals surface area contributed by atoms with Crippen molar-refractivity contribution < 1.29 is 14.0 Å². The van der Waals surface area contributed by atoms with E-state index in [1.165, 1.54) is 6.26 Å². The highest BCUT2D eigenvalue weighted by atomic mass is 16.3. The SMILES string of the molecule is Cc1c(C(=O)N2CCN(C(=O)c3ccco3)CC2)n(C)c2ccccc12. The summed E-state index contributed by atoms with van der Waals surface area (Å²) in [6.07, 6.45) is 1.50. The first kappa shape index (κ1) is 16.4. The number of benzene rings is 1. The third-order valence-corrected chi connectivity index (χ3v) is 5.15. The lowest BCUT2D eigenvalue weighted by Crippen LogP contribution is -2.50. The number of hydrogen-bond donors (Lipinski definition) is 0. The molecule has 2 aromatic heterocycles. The molecular weight excluding hydrogens is 330 g/mol. The summed E-state index contributed by atoms with van der Waals surface area (Å²) in [5.74, 6) is 0.239. The molecule has 1 saturated heterocycles. The zero-order chi connectivity index (χ0) is 18.3. The van der Waals surface area contributed by atoms with Crippen molar-refractivity contribution in [2.45, 2.75) is 6.92 Å². The monoisotopic (exact) mass is 351 g/mol. The first-order chi connectivity index (χ1) is 12.6. The molecule has 0 aliphatic carbocycles. The number of hydrogen-bond acceptors (Lipinski definition) is 3. The van der Waals surface area contributed by atoms with Gasteiger partial charge >= 0.3 is 0 Å². The highest BCUT2D eigenvalue weighted by Gasteiger charge is 2.29. The predicted octanol–water partition coefficient (Wildman–Crippen LogP) is 2.68. The topological polar surface area (TPSA) is 58.7 Å². The molecular formula is C20H21N3O3. The van der Waals surface area contributed by atoms with Crippen molar-refractivity contribution in [3.05, 3.63) is 59.7 Å². The molecule has 0 N–H and O–H groups in total. The zero-order valence-electron chi connectivity index (χ0n) is 14.9. The van der Waals surface area contributed by atoms with Gasteiger partial charge in [0.1, 0.15) is 5.69 Å². The third kappa shape index (κ3) is 2.58. The van der Waals surface area contributed by atoms with Crippen molar-refractivity contribution in [2.75, 3.05) is 26.2 Å². The van der Waals surface area contributed by atoms with E-state index in [1.807, 2.05) is 47.7 Å². The summed E-state index contributed by atoms with van der Waals surface area (Å²) < 4.78 is 7.15. The molecule has 0 radical (unpaired) electrons. The van der Waals surface area contributed by atoms with Crippen molar-refractivity contribution in [1.29, 1.82) is 0 Å². The van der Waals surface area contributed by atoms with E-state index in [0.29, 0.717) is 31.9 Å². The number of piperazine rings is 1. The molecule has 1 fully saturated rings. The van der Waals surface area contributed by atoms with Crippen LogP contribution in [0.5, 0.6) is 0 Å². The van der Waals surface area contributed by atoms with Crippen molar-refractivity contribution in [2.24, 2.45) is 7.05 Å². The maximum absolute atomic E-state index is 13.1. The Morgan fingerprint density at radius 2 is 1.58 bits per heavy atom. The number of aromatic nitrogens is 1. The van der Waals surface area contributed by atoms with Gasteiger partial charge in [0, 0.05) is 44.1 Å². The molecule has 6 nitrogen and oxygen atoms in total. The van der Waals surface area contributed by atoms with Gasteiger partial charge in [-0.1, -0.05) is 18.2 Å². The third-order valence-electron chi connectivity index (χ3n) is 5.15. The summed E-state index contributed by atoms with van der Waals surface area (Å²) >= 11 is 0. The second-order valence-electron chi connectivity index (χ2n) is 6.61. The Bertz CT molecular complexity index is 925. The number of para-hydroxylation sites is 1. The maximum atomic E-state index is 13.1. The standard InChI is InChI=1S/C20H21N3O3/c1-14-15-6-3-4-7-16(15)21(2)18(14)20(25)23-11-9-22(10-12-23)19(24)17-8-5-13-26-17/h3-8,13H,9-12H2,1-2H3. The minimum Gasteiger partial charge on any atom is -0.459 e. The van der Waals surface area contributed by atoms with Gasteiger partial charge < -0.3 is 18.8 Å². The molecule has 4 rings (SSSR count). The molecule has 6 heteroatoms. The quantitative estimate of drug-likeness (QED) is 0.713. The fourth-order valence-electron chi connectivity index (χ4n) is 3.71. The largest absolute Gasteiger partial charge is 0.459 e. The van der Waals surface area contributed by atoms with Gasteiger partial charge in [-0.2, -0.15) is 0 Å². The van der Waals surface area contributed by atoms with Crippen LogP contribution in [0.25, 0.3) is 10.9 Å². The van der Waals surface area contributed by atoms with E-state index in [9.17, 15) is 9.59 Å². The Balaban J connectivity index is 1.52. The van der Waals surface area contributed by atoms with E-state index in [4.69, 9.17) is 4.42 Å². The van der Waals surface area contributed by atoms with Crippen molar-refractivity contribution in [3.63, 3.8) is 0 Å². The van der Waals surface area contributed by atoms with Crippen LogP contribution in [0.3, 0.4) is 0 Å². The Hall–Kier alpha value is -3.02. The first-order valence-corrected chi connectivity index (χ1v) is 8.74. The molecule has 26 heavy (non-hydrogen) atoms. The maximum Gasteiger partial charge on any atom is 0.289 e. The summed E-state index contributed by atoms with van der Waals surface area (Å²) in [4.78, 5) is 29.0. The van der Waals surface area contributed by atoms with E-state index in [2.05, 4.69) is 0 Å². The van der Waals surface area contributed by atoms with Crippen LogP contribution in [0.4, 0.5) is 0 Å². The average molecular weight is 351 g/mol. The van der Waals surface area contributed by atoms with Crippen LogP contribution < -0.4 is 0 Å². The van der Waals surface area contributed by atoms with Crippen LogP contribution in [0.2, 0.25) is 0 Å². The molecule has 0 spiro atoms. The van der Waals surface area contributed by atoms with E-state index >= 15 is 0 Å². The number of amides is 2. The molecule has 3 aromatic rings. The predicted molar refractivity (Wildman–Crippen MR) is 98.2 cm³/mol. The number of aryl methyl sites for hydroxylation is 2. The van der Waals surface area contributed by atoms with Gasteiger partial charge in [-0.05, 0) is 30.7 Å². The van der Waals surface area contributed by atoms with Gasteiger partial charge in [0.2, 0.25) is 0 Å². The summed E-state index contributed by atoms with van der Waals surface area (Å²) in [5, 5.41) is 1.10. The Kier molecular flexibility index (Phi) is 4.03. The zero-order valence-corrected chi connectivity index (χ0v) is 14.9. The van der Waals surface area contributed by atoms with E-state index in [1.54, 1.807) is 17.0 Å². The summed E-state index contributed by atoms with van der Waals surface area (Å²) in [7, 11) is 1.93. The van der Waals surface area contributed by atoms with Crippen LogP contribution in [0, 0.1) is 6.92 Å². The van der Waals surface area contributed by atoms with Crippen LogP contribution in [-0.2, 0) is 7.05 Å². The van der Waals surface area contributed by atoms with Crippen LogP contribution in [0.15, 0.2) is 47.1 Å². The highest BCUT2D eigenvalue weighted by Crippen LogP contribution is 2.25. The lowest BCUT2D eigenvalue weighted by molar-refractivity contribution is 0.0513. The molecule has 1 aliphatic heterocycles. The van der Waals surface area contributed by atoms with Gasteiger partial charge in [0.15, 0.2) is 5.76 Å². The molecule has 1 aliphatic rings. The molecule has 0 saturated carbocycles. The number of carbonyl (C=O) groups is 2. The molecule has 3 heterocycles. The number of rotatable bonds is 2. The van der Waals surface area contributed by atoms with E-state index in [-0.39, 0.29) is 11.8 Å². The number of furan rings is 1. The molecule has 134 valence electrons. The normalized spacial score (nSPS) is 14.8. The highest BCUT2D eigenvalue weighted by molar-refractivity contribution is 6.01. The minimum atomic E-state index is -0.122. The van der Waals surface area contributed by atoms with Crippen molar-refractivity contribution in [1.82, 2.24) is 14.4 Å². The lowest BCUT2D eigenvalue weighted by atomic mass is 10.1. The number of fused-ring (bicyclic) bond motifs is 1. The van der Waals surface area contributed by atoms with E-state index in [0.717, 1.165) is 22.2 Å². The number of carbonyl (C=O) groups excluding carboxylic acids is 2. The first-order valence-electron chi connectivity index (χ1n) is 8.74. The molecule has 0 bridgehead atoms. The van der Waals surface area contributed by atoms with E-state index < -0.39 is 0 Å². The molecule has 1 aromatic carbocycles. The van der Waals surface area contributed by atoms with Gasteiger partial charge in [-0.25, -0.2) is 0 Å². The molecule has 0 atom stereocenters. The summed E-state index contributed by atoms with van der Waals surface area (Å²) in [6.45, 7) is 4.05. The van der Waals surface area contributed by atoms with Crippen LogP contribution >= 0.6 is 0 Å². The van der Waals surface area contributed by atoms with Crippen LogP contribution in [0.1, 0.15) is 26.6 Å². The fraction of sp³-hybridized carbons (Fsp3) is 0.300. The second kappa shape index (κ2) is 6.37. The summed E-state index contributed by atoms with van der Waals surface area (Å²) in [5.41, 5.74) is 2.78. The Morgan fingerprint density at radius 3 is 2.19 bits per heavy atom. The minimum absolute atomic E-state index is 0.0197. The number of nitrogens with zero attached hydrogens (tertiary/aromatic N) is 3. The Morgan fingerprint density at radius 1 is 0.923 bits per heavy atom. The van der Waals surface area contributed by atoms with Gasteiger partial charge in [0.05, 0.1) is 6.26 Å². The smallest absolute Gasteiger partial charge is 0.289 e. The van der Waals surface area contributed by atoms with Crippen molar-refractivity contribution in [3.8, 4) is 0 Å². The fourth-order valence-corrected chi connectivity index (χ4v) is 3.71. The Labute approximate surface area is 151 Å². The van der Waals surface area contributed by atoms with Gasteiger partial charge in [0.25, 0.3) is 11.8 Å². The molecule has 0 unspecified atom stereocenters. The van der Waals surface area contributed by atoms with Gasteiger partial charge in [-0.3, -0.25) is 9.59 Å². The lowest BCUT2D eigenvalue weighted by Gasteiger charge is -2.34.